The number of benzene rings is 2. The highest BCUT2D eigenvalue weighted by Gasteiger charge is 2.12. The van der Waals surface area contributed by atoms with Crippen molar-refractivity contribution in [2.75, 3.05) is 0 Å². The summed E-state index contributed by atoms with van der Waals surface area (Å²) in [5.41, 5.74) is 4.95. The van der Waals surface area contributed by atoms with Gasteiger partial charge in [0.1, 0.15) is 5.75 Å². The van der Waals surface area contributed by atoms with Crippen LogP contribution in [0.5, 0.6) is 5.75 Å². The number of aryl methyl sites for hydroxylation is 1. The second kappa shape index (κ2) is 6.69. The Bertz CT molecular complexity index is 740. The summed E-state index contributed by atoms with van der Waals surface area (Å²) in [4.78, 5) is 3.59. The van der Waals surface area contributed by atoms with Gasteiger partial charge in [-0.05, 0) is 36.6 Å². The van der Waals surface area contributed by atoms with Gasteiger partial charge < -0.3 is 10.1 Å². The Labute approximate surface area is 131 Å². The summed E-state index contributed by atoms with van der Waals surface area (Å²) in [5.74, 6) is 0.313. The van der Waals surface area contributed by atoms with E-state index in [1.165, 1.54) is 53.4 Å². The van der Waals surface area contributed by atoms with Crippen LogP contribution in [0.25, 0.3) is 22.0 Å². The summed E-state index contributed by atoms with van der Waals surface area (Å²) in [5, 5.41) is 10.8. The highest BCUT2D eigenvalue weighted by Crippen LogP contribution is 2.34. The lowest BCUT2D eigenvalue weighted by molar-refractivity contribution is 0.475. The van der Waals surface area contributed by atoms with E-state index in [1.807, 2.05) is 12.1 Å². The third-order valence-electron chi connectivity index (χ3n) is 4.22. The van der Waals surface area contributed by atoms with Crippen LogP contribution in [0.1, 0.15) is 38.3 Å². The van der Waals surface area contributed by atoms with Gasteiger partial charge in [0.25, 0.3) is 0 Å². The zero-order valence-corrected chi connectivity index (χ0v) is 13.1. The SMILES string of the molecule is CCCCCCc1[nH]c2ccccc2c1-c1ccc(O)cc1. The first-order valence-electron chi connectivity index (χ1n) is 8.18. The Morgan fingerprint density at radius 3 is 2.45 bits per heavy atom. The van der Waals surface area contributed by atoms with Gasteiger partial charge in [-0.25, -0.2) is 0 Å². The Kier molecular flexibility index (Phi) is 4.47. The fourth-order valence-electron chi connectivity index (χ4n) is 3.07. The minimum absolute atomic E-state index is 0.313. The molecule has 0 saturated carbocycles. The predicted octanol–water partition coefficient (Wildman–Crippen LogP) is 5.66. The van der Waals surface area contributed by atoms with Gasteiger partial charge in [0, 0.05) is 22.2 Å². The molecule has 0 aliphatic heterocycles. The van der Waals surface area contributed by atoms with Crippen molar-refractivity contribution in [2.45, 2.75) is 39.0 Å². The van der Waals surface area contributed by atoms with E-state index in [0.29, 0.717) is 5.75 Å². The molecular formula is C20H23NO. The predicted molar refractivity (Wildman–Crippen MR) is 93.2 cm³/mol. The number of fused-ring (bicyclic) bond motifs is 1. The molecule has 2 aromatic carbocycles. The maximum atomic E-state index is 9.53. The van der Waals surface area contributed by atoms with E-state index in [-0.39, 0.29) is 0 Å². The third-order valence-corrected chi connectivity index (χ3v) is 4.22. The van der Waals surface area contributed by atoms with Gasteiger partial charge in [0.2, 0.25) is 0 Å². The van der Waals surface area contributed by atoms with E-state index in [4.69, 9.17) is 0 Å². The van der Waals surface area contributed by atoms with Crippen LogP contribution in [0.15, 0.2) is 48.5 Å². The fourth-order valence-corrected chi connectivity index (χ4v) is 3.07. The molecule has 0 amide bonds. The number of hydrogen-bond donors (Lipinski definition) is 2. The molecule has 0 atom stereocenters. The van der Waals surface area contributed by atoms with Crippen molar-refractivity contribution in [3.63, 3.8) is 0 Å². The molecule has 2 N–H and O–H groups in total. The number of nitrogens with one attached hydrogen (secondary N) is 1. The Morgan fingerprint density at radius 2 is 1.68 bits per heavy atom. The highest BCUT2D eigenvalue weighted by molar-refractivity contribution is 5.97. The highest BCUT2D eigenvalue weighted by atomic mass is 16.3. The maximum Gasteiger partial charge on any atom is 0.115 e. The number of aromatic hydroxyl groups is 1. The molecule has 0 radical (unpaired) electrons. The van der Waals surface area contributed by atoms with Crippen molar-refractivity contribution < 1.29 is 5.11 Å². The number of aromatic amines is 1. The number of H-pyrrole nitrogens is 1. The van der Waals surface area contributed by atoms with Gasteiger partial charge in [0.15, 0.2) is 0 Å². The van der Waals surface area contributed by atoms with Crippen molar-refractivity contribution in [1.29, 1.82) is 0 Å². The van der Waals surface area contributed by atoms with Crippen LogP contribution in [0.4, 0.5) is 0 Å². The average molecular weight is 293 g/mol. The van der Waals surface area contributed by atoms with E-state index in [9.17, 15) is 5.11 Å². The lowest BCUT2D eigenvalue weighted by atomic mass is 9.99. The molecular weight excluding hydrogens is 270 g/mol. The van der Waals surface area contributed by atoms with Crippen molar-refractivity contribution in [3.8, 4) is 16.9 Å². The van der Waals surface area contributed by atoms with Crippen molar-refractivity contribution >= 4 is 10.9 Å². The third kappa shape index (κ3) is 3.01. The summed E-state index contributed by atoms with van der Waals surface area (Å²) in [6.45, 7) is 2.24. The Balaban J connectivity index is 1.99. The number of phenols is 1. The van der Waals surface area contributed by atoms with Crippen LogP contribution in [0, 0.1) is 0 Å². The van der Waals surface area contributed by atoms with Gasteiger partial charge in [-0.2, -0.15) is 0 Å². The Morgan fingerprint density at radius 1 is 0.909 bits per heavy atom. The lowest BCUT2D eigenvalue weighted by Gasteiger charge is -2.06. The van der Waals surface area contributed by atoms with Crippen LogP contribution in [-0.2, 0) is 6.42 Å². The van der Waals surface area contributed by atoms with Gasteiger partial charge in [-0.1, -0.05) is 56.5 Å². The van der Waals surface area contributed by atoms with Crippen LogP contribution in [0.2, 0.25) is 0 Å². The molecule has 2 nitrogen and oxygen atoms in total. The number of aromatic nitrogens is 1. The molecule has 0 fully saturated rings. The average Bonchev–Trinajstić information content (AvgIpc) is 2.91. The minimum atomic E-state index is 0.313. The topological polar surface area (TPSA) is 36.0 Å². The molecule has 3 rings (SSSR count). The molecule has 22 heavy (non-hydrogen) atoms. The van der Waals surface area contributed by atoms with E-state index in [0.717, 1.165) is 6.42 Å². The largest absolute Gasteiger partial charge is 0.508 e. The number of hydrogen-bond acceptors (Lipinski definition) is 1. The van der Waals surface area contributed by atoms with Gasteiger partial charge in [-0.15, -0.1) is 0 Å². The van der Waals surface area contributed by atoms with Gasteiger partial charge in [0.05, 0.1) is 0 Å². The molecule has 0 saturated heterocycles. The number of unbranched alkanes of at least 4 members (excludes halogenated alkanes) is 3. The molecule has 0 aliphatic rings. The van der Waals surface area contributed by atoms with E-state index < -0.39 is 0 Å². The van der Waals surface area contributed by atoms with Crippen molar-refractivity contribution in [2.24, 2.45) is 0 Å². The van der Waals surface area contributed by atoms with E-state index >= 15 is 0 Å². The zero-order valence-electron chi connectivity index (χ0n) is 13.1. The first-order chi connectivity index (χ1) is 10.8. The molecule has 1 heterocycles. The standard InChI is InChI=1S/C20H23NO/c1-2-3-4-5-10-19-20(15-11-13-16(22)14-12-15)17-8-6-7-9-18(17)21-19/h6-9,11-14,21-22H,2-5,10H2,1H3. The van der Waals surface area contributed by atoms with Crippen LogP contribution < -0.4 is 0 Å². The second-order valence-corrected chi connectivity index (χ2v) is 5.88. The lowest BCUT2D eigenvalue weighted by Crippen LogP contribution is -1.89. The summed E-state index contributed by atoms with van der Waals surface area (Å²) < 4.78 is 0. The van der Waals surface area contributed by atoms with Gasteiger partial charge >= 0.3 is 0 Å². The normalized spacial score (nSPS) is 11.1. The van der Waals surface area contributed by atoms with E-state index in [1.54, 1.807) is 12.1 Å². The summed E-state index contributed by atoms with van der Waals surface area (Å²) >= 11 is 0. The summed E-state index contributed by atoms with van der Waals surface area (Å²) in [6.07, 6.45) is 6.13. The molecule has 0 unspecified atom stereocenters. The summed E-state index contributed by atoms with van der Waals surface area (Å²) in [7, 11) is 0. The first-order valence-corrected chi connectivity index (χ1v) is 8.18. The van der Waals surface area contributed by atoms with Crippen LogP contribution >= 0.6 is 0 Å². The quantitative estimate of drug-likeness (QED) is 0.565. The molecule has 0 aliphatic carbocycles. The van der Waals surface area contributed by atoms with Crippen LogP contribution in [-0.4, -0.2) is 10.1 Å². The monoisotopic (exact) mass is 293 g/mol. The number of phenolic OH excluding ortho intramolecular Hbond substituents is 1. The minimum Gasteiger partial charge on any atom is -0.508 e. The van der Waals surface area contributed by atoms with Gasteiger partial charge in [-0.3, -0.25) is 0 Å². The van der Waals surface area contributed by atoms with Crippen molar-refractivity contribution in [3.05, 3.63) is 54.2 Å². The number of rotatable bonds is 6. The maximum absolute atomic E-state index is 9.53. The molecule has 3 aromatic rings. The van der Waals surface area contributed by atoms with Crippen molar-refractivity contribution in [1.82, 2.24) is 4.98 Å². The van der Waals surface area contributed by atoms with E-state index in [2.05, 4.69) is 36.2 Å². The molecule has 0 spiro atoms. The fraction of sp³-hybridized carbons (Fsp3) is 0.300. The Hall–Kier alpha value is -2.22. The second-order valence-electron chi connectivity index (χ2n) is 5.88. The summed E-state index contributed by atoms with van der Waals surface area (Å²) in [6, 6.07) is 16.0. The number of para-hydroxylation sites is 1. The molecule has 1 aromatic heterocycles. The van der Waals surface area contributed by atoms with Crippen LogP contribution in [0.3, 0.4) is 0 Å². The molecule has 2 heteroatoms. The smallest absolute Gasteiger partial charge is 0.115 e. The first kappa shape index (κ1) is 14.7. The molecule has 114 valence electrons. The molecule has 0 bridgehead atoms. The zero-order chi connectivity index (χ0) is 15.4.